The Hall–Kier alpha value is -3.42. The molecule has 0 saturated heterocycles. The Kier molecular flexibility index (Phi) is 9.66. The van der Waals surface area contributed by atoms with Gasteiger partial charge in [0, 0.05) is 13.1 Å². The van der Waals surface area contributed by atoms with Crippen LogP contribution in [0, 0.1) is 17.3 Å². The molecule has 6 rings (SSSR count). The van der Waals surface area contributed by atoms with Gasteiger partial charge in [0.15, 0.2) is 0 Å². The van der Waals surface area contributed by atoms with Gasteiger partial charge in [0.25, 0.3) is 8.32 Å². The minimum atomic E-state index is -2.87. The second kappa shape index (κ2) is 13.4. The van der Waals surface area contributed by atoms with Crippen LogP contribution < -0.4 is 15.3 Å². The number of pyridine rings is 1. The highest BCUT2D eigenvalue weighted by molar-refractivity contribution is 6.99. The predicted molar refractivity (Wildman–Crippen MR) is 204 cm³/mol. The minimum Gasteiger partial charge on any atom is -0.443 e. The topological polar surface area (TPSA) is 54.9 Å². The van der Waals surface area contributed by atoms with Crippen molar-refractivity contribution in [1.82, 2.24) is 9.88 Å². The van der Waals surface area contributed by atoms with Crippen LogP contribution in [-0.4, -0.2) is 55.6 Å². The van der Waals surface area contributed by atoms with E-state index in [2.05, 4.69) is 125 Å². The smallest absolute Gasteiger partial charge is 0.415 e. The van der Waals surface area contributed by atoms with Gasteiger partial charge in [-0.05, 0) is 97.7 Å². The normalized spacial score (nSPS) is 20.9. The number of carbonyl (C=O) groups excluding carboxylic acids is 1. The van der Waals surface area contributed by atoms with Gasteiger partial charge < -0.3 is 14.1 Å². The maximum Gasteiger partial charge on any atom is 0.415 e. The number of aromatic nitrogens is 1. The van der Waals surface area contributed by atoms with Crippen LogP contribution in [0.2, 0.25) is 5.04 Å². The Morgan fingerprint density at radius 2 is 1.51 bits per heavy atom. The first-order valence-corrected chi connectivity index (χ1v) is 20.2. The molecule has 2 saturated carbocycles. The SMILES string of the molecule is CC(C)C1CC=C(c2cccc(N(C)C3CC4(CC4)C3)n2)N(C(=O)OC(C)(C)C)C1CO[Si](c1ccccc1)(c1ccccc1)C(C)(C)C. The molecule has 6 nitrogen and oxygen atoms in total. The van der Waals surface area contributed by atoms with Crippen molar-refractivity contribution in [3.8, 4) is 0 Å². The van der Waals surface area contributed by atoms with Crippen LogP contribution in [0.25, 0.3) is 5.70 Å². The molecule has 7 heteroatoms. The van der Waals surface area contributed by atoms with Gasteiger partial charge in [0.05, 0.1) is 24.0 Å². The van der Waals surface area contributed by atoms with E-state index in [4.69, 9.17) is 14.1 Å². The molecule has 3 aromatic rings. The average Bonchev–Trinajstić information content (AvgIpc) is 3.85. The lowest BCUT2D eigenvalue weighted by molar-refractivity contribution is 0.0125. The minimum absolute atomic E-state index is 0.171. The Labute approximate surface area is 296 Å². The first-order valence-electron chi connectivity index (χ1n) is 18.3. The number of amides is 1. The van der Waals surface area contributed by atoms with Gasteiger partial charge in [-0.3, -0.25) is 4.90 Å². The number of nitrogens with zero attached hydrogens (tertiary/aromatic N) is 3. The third-order valence-electron chi connectivity index (χ3n) is 11.2. The van der Waals surface area contributed by atoms with Gasteiger partial charge in [0.1, 0.15) is 11.4 Å². The van der Waals surface area contributed by atoms with Crippen LogP contribution in [0.1, 0.15) is 93.2 Å². The summed E-state index contributed by atoms with van der Waals surface area (Å²) in [7, 11) is -0.703. The Morgan fingerprint density at radius 1 is 0.918 bits per heavy atom. The highest BCUT2D eigenvalue weighted by Gasteiger charge is 2.54. The third-order valence-corrected chi connectivity index (χ3v) is 16.2. The molecule has 0 bridgehead atoms. The van der Waals surface area contributed by atoms with Crippen molar-refractivity contribution in [2.45, 2.75) is 110 Å². The molecular weight excluding hydrogens is 623 g/mol. The molecule has 1 aliphatic heterocycles. The molecule has 1 amide bonds. The molecule has 2 atom stereocenters. The highest BCUT2D eigenvalue weighted by atomic mass is 28.4. The van der Waals surface area contributed by atoms with Gasteiger partial charge in [-0.2, -0.15) is 0 Å². The van der Waals surface area contributed by atoms with E-state index in [9.17, 15) is 4.79 Å². The fourth-order valence-electron chi connectivity index (χ4n) is 8.28. The molecule has 1 aromatic heterocycles. The molecule has 2 heterocycles. The summed E-state index contributed by atoms with van der Waals surface area (Å²) < 4.78 is 13.7. The summed E-state index contributed by atoms with van der Waals surface area (Å²) in [5.41, 5.74) is 1.56. The van der Waals surface area contributed by atoms with Crippen molar-refractivity contribution in [2.75, 3.05) is 18.6 Å². The second-order valence-electron chi connectivity index (χ2n) is 17.2. The van der Waals surface area contributed by atoms with Crippen molar-refractivity contribution >= 4 is 36.3 Å². The van der Waals surface area contributed by atoms with Crippen LogP contribution in [-0.2, 0) is 9.16 Å². The maximum absolute atomic E-state index is 14.5. The second-order valence-corrected chi connectivity index (χ2v) is 21.5. The average molecular weight is 680 g/mol. The van der Waals surface area contributed by atoms with Crippen LogP contribution in [0.15, 0.2) is 84.9 Å². The Balaban J connectivity index is 1.41. The summed E-state index contributed by atoms with van der Waals surface area (Å²) in [5.74, 6) is 1.44. The van der Waals surface area contributed by atoms with E-state index in [0.717, 1.165) is 23.6 Å². The van der Waals surface area contributed by atoms with E-state index < -0.39 is 13.9 Å². The number of allylic oxidation sites excluding steroid dienone is 1. The van der Waals surface area contributed by atoms with Crippen LogP contribution in [0.5, 0.6) is 0 Å². The molecule has 1 spiro atoms. The number of hydrogen-bond donors (Lipinski definition) is 0. The molecule has 2 unspecified atom stereocenters. The van der Waals surface area contributed by atoms with Crippen molar-refractivity contribution < 1.29 is 14.0 Å². The summed E-state index contributed by atoms with van der Waals surface area (Å²) in [5, 5.41) is 2.27. The van der Waals surface area contributed by atoms with E-state index in [1.807, 2.05) is 31.7 Å². The van der Waals surface area contributed by atoms with Crippen molar-refractivity contribution in [2.24, 2.45) is 17.3 Å². The molecule has 0 radical (unpaired) electrons. The zero-order valence-electron chi connectivity index (χ0n) is 31.2. The lowest BCUT2D eigenvalue weighted by Gasteiger charge is -2.47. The summed E-state index contributed by atoms with van der Waals surface area (Å²) >= 11 is 0. The van der Waals surface area contributed by atoms with E-state index in [1.54, 1.807) is 0 Å². The standard InChI is InChI=1S/C42H57N3O3Si/c1-30(2)34-23-24-36(35-21-16-22-38(43-35)44(9)31-27-42(28-31)25-26-42)45(39(46)48-40(3,4)5)37(34)29-47-49(41(6,7)8,32-17-12-10-13-18-32)33-19-14-11-15-20-33/h10-22,24,30-31,34,37H,23,25-29H2,1-9H3. The Morgan fingerprint density at radius 3 is 2.02 bits per heavy atom. The lowest BCUT2D eigenvalue weighted by Crippen LogP contribution is -2.68. The van der Waals surface area contributed by atoms with Gasteiger partial charge in [-0.25, -0.2) is 9.78 Å². The first kappa shape index (κ1) is 35.4. The van der Waals surface area contributed by atoms with Crippen molar-refractivity contribution in [3.63, 3.8) is 0 Å². The van der Waals surface area contributed by atoms with E-state index >= 15 is 0 Å². The van der Waals surface area contributed by atoms with E-state index in [0.29, 0.717) is 24.0 Å². The van der Waals surface area contributed by atoms with E-state index in [-0.39, 0.29) is 23.1 Å². The van der Waals surface area contributed by atoms with Crippen molar-refractivity contribution in [3.05, 3.63) is 90.6 Å². The zero-order chi connectivity index (χ0) is 35.2. The van der Waals surface area contributed by atoms with Crippen molar-refractivity contribution in [1.29, 1.82) is 0 Å². The molecule has 2 aliphatic carbocycles. The molecule has 0 N–H and O–H groups in total. The van der Waals surface area contributed by atoms with Gasteiger partial charge >= 0.3 is 6.09 Å². The van der Waals surface area contributed by atoms with Gasteiger partial charge in [0.2, 0.25) is 0 Å². The Bertz CT molecular complexity index is 1590. The number of anilines is 1. The zero-order valence-corrected chi connectivity index (χ0v) is 32.2. The quantitative estimate of drug-likeness (QED) is 0.212. The van der Waals surface area contributed by atoms with Gasteiger partial charge in [-0.15, -0.1) is 0 Å². The molecular formula is C42H57N3O3Si. The number of carbonyl (C=O) groups is 1. The number of ether oxygens (including phenoxy) is 1. The fourth-order valence-corrected chi connectivity index (χ4v) is 12.9. The summed E-state index contributed by atoms with van der Waals surface area (Å²) in [6.45, 7) is 17.6. The van der Waals surface area contributed by atoms with Gasteiger partial charge in [-0.1, -0.05) is 107 Å². The summed E-state index contributed by atoms with van der Waals surface area (Å²) in [6.07, 6.45) is 7.93. The third kappa shape index (κ3) is 7.11. The number of benzene rings is 2. The van der Waals surface area contributed by atoms with Crippen LogP contribution >= 0.6 is 0 Å². The predicted octanol–water partition coefficient (Wildman–Crippen LogP) is 8.66. The maximum atomic E-state index is 14.5. The molecule has 3 aliphatic rings. The largest absolute Gasteiger partial charge is 0.443 e. The lowest BCUT2D eigenvalue weighted by atomic mass is 9.76. The molecule has 49 heavy (non-hydrogen) atoms. The number of rotatable bonds is 9. The van der Waals surface area contributed by atoms with Crippen LogP contribution in [0.3, 0.4) is 0 Å². The highest BCUT2D eigenvalue weighted by Crippen LogP contribution is 2.62. The summed E-state index contributed by atoms with van der Waals surface area (Å²) in [6, 6.07) is 28.0. The summed E-state index contributed by atoms with van der Waals surface area (Å²) in [4.78, 5) is 23.9. The van der Waals surface area contributed by atoms with E-state index in [1.165, 1.54) is 36.1 Å². The molecule has 2 aromatic carbocycles. The monoisotopic (exact) mass is 679 g/mol. The first-order chi connectivity index (χ1) is 23.1. The number of hydrogen-bond acceptors (Lipinski definition) is 5. The molecule has 2 fully saturated rings. The van der Waals surface area contributed by atoms with Crippen LogP contribution in [0.4, 0.5) is 10.6 Å². The fraction of sp³-hybridized carbons (Fsp3) is 0.524. The molecule has 262 valence electrons.